The van der Waals surface area contributed by atoms with Gasteiger partial charge in [0.15, 0.2) is 0 Å². The van der Waals surface area contributed by atoms with Crippen LogP contribution in [0.5, 0.6) is 0 Å². The molecule has 2 atom stereocenters. The molecule has 1 aliphatic carbocycles. The van der Waals surface area contributed by atoms with Crippen LogP contribution in [0, 0.1) is 5.92 Å². The maximum atomic E-state index is 11.4. The van der Waals surface area contributed by atoms with Crippen LogP contribution in [0.3, 0.4) is 0 Å². The smallest absolute Gasteiger partial charge is 0.223 e. The fourth-order valence-corrected chi connectivity index (χ4v) is 1.61. The SMILES string of the molecule is CCNC(=O)C1CC1c1ccco1. The number of amides is 1. The predicted molar refractivity (Wildman–Crippen MR) is 48.2 cm³/mol. The van der Waals surface area contributed by atoms with E-state index in [0.717, 1.165) is 12.2 Å². The van der Waals surface area contributed by atoms with E-state index in [1.807, 2.05) is 19.1 Å². The largest absolute Gasteiger partial charge is 0.469 e. The first-order chi connectivity index (χ1) is 6.33. The Kier molecular flexibility index (Phi) is 2.08. The Balaban J connectivity index is 1.92. The van der Waals surface area contributed by atoms with Gasteiger partial charge < -0.3 is 9.73 Å². The number of nitrogens with one attached hydrogen (secondary N) is 1. The Morgan fingerprint density at radius 1 is 1.77 bits per heavy atom. The average molecular weight is 179 g/mol. The molecular formula is C10H13NO2. The van der Waals surface area contributed by atoms with E-state index in [1.54, 1.807) is 6.26 Å². The molecule has 0 saturated heterocycles. The lowest BCUT2D eigenvalue weighted by Crippen LogP contribution is -2.24. The zero-order chi connectivity index (χ0) is 9.26. The topological polar surface area (TPSA) is 42.2 Å². The zero-order valence-corrected chi connectivity index (χ0v) is 7.62. The standard InChI is InChI=1S/C10H13NO2/c1-2-11-10(12)8-6-7(8)9-4-3-5-13-9/h3-5,7-8H,2,6H2,1H3,(H,11,12). The van der Waals surface area contributed by atoms with Gasteiger partial charge in [-0.1, -0.05) is 0 Å². The van der Waals surface area contributed by atoms with Crippen molar-refractivity contribution in [1.82, 2.24) is 5.32 Å². The minimum Gasteiger partial charge on any atom is -0.469 e. The van der Waals surface area contributed by atoms with E-state index in [-0.39, 0.29) is 11.8 Å². The molecule has 13 heavy (non-hydrogen) atoms. The number of furan rings is 1. The number of carbonyl (C=O) groups excluding carboxylic acids is 1. The van der Waals surface area contributed by atoms with Gasteiger partial charge in [0.1, 0.15) is 5.76 Å². The molecule has 2 unspecified atom stereocenters. The monoisotopic (exact) mass is 179 g/mol. The average Bonchev–Trinajstić information content (AvgIpc) is 2.74. The van der Waals surface area contributed by atoms with E-state index in [4.69, 9.17) is 4.42 Å². The van der Waals surface area contributed by atoms with Crippen molar-refractivity contribution >= 4 is 5.91 Å². The third-order valence-electron chi connectivity index (χ3n) is 2.39. The summed E-state index contributed by atoms with van der Waals surface area (Å²) in [6, 6.07) is 3.80. The molecule has 1 fully saturated rings. The summed E-state index contributed by atoms with van der Waals surface area (Å²) in [6.07, 6.45) is 2.59. The van der Waals surface area contributed by atoms with Gasteiger partial charge in [0.05, 0.1) is 6.26 Å². The fourth-order valence-electron chi connectivity index (χ4n) is 1.61. The van der Waals surface area contributed by atoms with Crippen LogP contribution in [0.1, 0.15) is 25.0 Å². The van der Waals surface area contributed by atoms with Crippen molar-refractivity contribution in [2.45, 2.75) is 19.3 Å². The molecule has 2 rings (SSSR count). The highest BCUT2D eigenvalue weighted by Crippen LogP contribution is 2.47. The number of rotatable bonds is 3. The summed E-state index contributed by atoms with van der Waals surface area (Å²) in [5.41, 5.74) is 0. The quantitative estimate of drug-likeness (QED) is 0.764. The summed E-state index contributed by atoms with van der Waals surface area (Å²) >= 11 is 0. The molecule has 1 amide bonds. The molecule has 70 valence electrons. The van der Waals surface area contributed by atoms with Crippen molar-refractivity contribution in [3.05, 3.63) is 24.2 Å². The lowest BCUT2D eigenvalue weighted by molar-refractivity contribution is -0.122. The van der Waals surface area contributed by atoms with Crippen LogP contribution in [0.2, 0.25) is 0 Å². The molecule has 1 aromatic heterocycles. The van der Waals surface area contributed by atoms with E-state index >= 15 is 0 Å². The number of hydrogen-bond donors (Lipinski definition) is 1. The third kappa shape index (κ3) is 1.59. The summed E-state index contributed by atoms with van der Waals surface area (Å²) in [7, 11) is 0. The maximum Gasteiger partial charge on any atom is 0.223 e. The van der Waals surface area contributed by atoms with E-state index < -0.39 is 0 Å². The van der Waals surface area contributed by atoms with E-state index in [2.05, 4.69) is 5.32 Å². The summed E-state index contributed by atoms with van der Waals surface area (Å²) in [6.45, 7) is 2.64. The predicted octanol–water partition coefficient (Wildman–Crippen LogP) is 1.52. The van der Waals surface area contributed by atoms with Crippen molar-refractivity contribution < 1.29 is 9.21 Å². The van der Waals surface area contributed by atoms with Crippen LogP contribution in [0.15, 0.2) is 22.8 Å². The molecule has 0 aromatic carbocycles. The van der Waals surface area contributed by atoms with Gasteiger partial charge in [0.2, 0.25) is 5.91 Å². The van der Waals surface area contributed by atoms with Gasteiger partial charge in [0.25, 0.3) is 0 Å². The van der Waals surface area contributed by atoms with Gasteiger partial charge in [-0.2, -0.15) is 0 Å². The van der Waals surface area contributed by atoms with Gasteiger partial charge in [-0.3, -0.25) is 4.79 Å². The Hall–Kier alpha value is -1.25. The first-order valence-corrected chi connectivity index (χ1v) is 4.64. The molecule has 3 nitrogen and oxygen atoms in total. The highest BCUT2D eigenvalue weighted by molar-refractivity contribution is 5.82. The second kappa shape index (κ2) is 3.24. The van der Waals surface area contributed by atoms with Crippen LogP contribution in [0.25, 0.3) is 0 Å². The Morgan fingerprint density at radius 3 is 3.23 bits per heavy atom. The first kappa shape index (κ1) is 8.35. The fraction of sp³-hybridized carbons (Fsp3) is 0.500. The molecular weight excluding hydrogens is 166 g/mol. The van der Waals surface area contributed by atoms with Crippen LogP contribution < -0.4 is 5.32 Å². The minimum absolute atomic E-state index is 0.145. The van der Waals surface area contributed by atoms with Gasteiger partial charge in [-0.15, -0.1) is 0 Å². The van der Waals surface area contributed by atoms with Crippen molar-refractivity contribution in [3.63, 3.8) is 0 Å². The van der Waals surface area contributed by atoms with Crippen LogP contribution in [-0.4, -0.2) is 12.5 Å². The second-order valence-corrected chi connectivity index (χ2v) is 3.36. The van der Waals surface area contributed by atoms with Crippen LogP contribution >= 0.6 is 0 Å². The summed E-state index contributed by atoms with van der Waals surface area (Å²) in [4.78, 5) is 11.4. The van der Waals surface area contributed by atoms with Crippen molar-refractivity contribution in [2.75, 3.05) is 6.54 Å². The van der Waals surface area contributed by atoms with E-state index in [9.17, 15) is 4.79 Å². The summed E-state index contributed by atoms with van der Waals surface area (Å²) in [5.74, 6) is 1.56. The third-order valence-corrected chi connectivity index (χ3v) is 2.39. The summed E-state index contributed by atoms with van der Waals surface area (Å²) < 4.78 is 5.24. The van der Waals surface area contributed by atoms with Gasteiger partial charge in [0, 0.05) is 18.4 Å². The molecule has 1 aliphatic rings. The highest BCUT2D eigenvalue weighted by atomic mass is 16.3. The lowest BCUT2D eigenvalue weighted by atomic mass is 10.2. The Bertz CT molecular complexity index is 292. The first-order valence-electron chi connectivity index (χ1n) is 4.64. The van der Waals surface area contributed by atoms with Crippen molar-refractivity contribution in [1.29, 1.82) is 0 Å². The molecule has 1 aromatic rings. The molecule has 0 radical (unpaired) electrons. The zero-order valence-electron chi connectivity index (χ0n) is 7.62. The molecule has 0 spiro atoms. The van der Waals surface area contributed by atoms with E-state index in [1.165, 1.54) is 0 Å². The minimum atomic E-state index is 0.145. The Labute approximate surface area is 77.1 Å². The molecule has 3 heteroatoms. The van der Waals surface area contributed by atoms with Gasteiger partial charge in [-0.25, -0.2) is 0 Å². The number of hydrogen-bond acceptors (Lipinski definition) is 2. The Morgan fingerprint density at radius 2 is 2.62 bits per heavy atom. The lowest BCUT2D eigenvalue weighted by Gasteiger charge is -1.98. The molecule has 0 aliphatic heterocycles. The van der Waals surface area contributed by atoms with Crippen LogP contribution in [0.4, 0.5) is 0 Å². The maximum absolute atomic E-state index is 11.4. The normalized spacial score (nSPS) is 25.6. The highest BCUT2D eigenvalue weighted by Gasteiger charge is 2.45. The summed E-state index contributed by atoms with van der Waals surface area (Å²) in [5, 5.41) is 2.82. The molecule has 1 N–H and O–H groups in total. The molecule has 1 heterocycles. The molecule has 1 saturated carbocycles. The second-order valence-electron chi connectivity index (χ2n) is 3.36. The van der Waals surface area contributed by atoms with Crippen molar-refractivity contribution in [3.8, 4) is 0 Å². The van der Waals surface area contributed by atoms with Crippen molar-refractivity contribution in [2.24, 2.45) is 5.92 Å². The van der Waals surface area contributed by atoms with Gasteiger partial charge >= 0.3 is 0 Å². The number of carbonyl (C=O) groups is 1. The molecule has 0 bridgehead atoms. The van der Waals surface area contributed by atoms with Crippen LogP contribution in [-0.2, 0) is 4.79 Å². The van der Waals surface area contributed by atoms with Gasteiger partial charge in [-0.05, 0) is 25.5 Å². The van der Waals surface area contributed by atoms with E-state index in [0.29, 0.717) is 12.5 Å².